The molecule has 0 unspecified atom stereocenters. The first-order valence-electron chi connectivity index (χ1n) is 5.35. The molecule has 0 aliphatic rings. The lowest BCUT2D eigenvalue weighted by Crippen LogP contribution is -1.99. The summed E-state index contributed by atoms with van der Waals surface area (Å²) in [6, 6.07) is 5.49. The van der Waals surface area contributed by atoms with Crippen LogP contribution in [0.25, 0.3) is 5.69 Å². The second-order valence-electron chi connectivity index (χ2n) is 3.70. The lowest BCUT2D eigenvalue weighted by molar-refractivity contribution is 0.340. The second kappa shape index (κ2) is 4.67. The molecule has 2 aromatic rings. The van der Waals surface area contributed by atoms with Crippen LogP contribution in [0.15, 0.2) is 24.4 Å². The van der Waals surface area contributed by atoms with Crippen LogP contribution in [-0.4, -0.2) is 16.4 Å². The zero-order valence-electron chi connectivity index (χ0n) is 9.77. The van der Waals surface area contributed by atoms with Gasteiger partial charge < -0.3 is 10.5 Å². The van der Waals surface area contributed by atoms with E-state index in [0.29, 0.717) is 17.3 Å². The number of hydrogen-bond acceptors (Lipinski definition) is 3. The zero-order chi connectivity index (χ0) is 12.4. The van der Waals surface area contributed by atoms with Gasteiger partial charge >= 0.3 is 0 Å². The number of nitrogens with two attached hydrogens (primary N) is 1. The Labute approximate surface area is 105 Å². The smallest absolute Gasteiger partial charge is 0.123 e. The molecular weight excluding hydrogens is 238 g/mol. The fourth-order valence-electron chi connectivity index (χ4n) is 1.56. The highest BCUT2D eigenvalue weighted by Gasteiger charge is 2.06. The normalized spacial score (nSPS) is 10.5. The van der Waals surface area contributed by atoms with Gasteiger partial charge in [-0.2, -0.15) is 5.10 Å². The van der Waals surface area contributed by atoms with Crippen molar-refractivity contribution in [2.45, 2.75) is 13.8 Å². The lowest BCUT2D eigenvalue weighted by atomic mass is 10.2. The van der Waals surface area contributed by atoms with E-state index in [9.17, 15) is 0 Å². The fourth-order valence-corrected chi connectivity index (χ4v) is 1.69. The molecule has 0 bridgehead atoms. The molecule has 0 atom stereocenters. The lowest BCUT2D eigenvalue weighted by Gasteiger charge is -2.08. The molecule has 1 aromatic carbocycles. The van der Waals surface area contributed by atoms with Crippen molar-refractivity contribution in [2.24, 2.45) is 0 Å². The molecule has 2 N–H and O–H groups in total. The van der Waals surface area contributed by atoms with Gasteiger partial charge in [0.25, 0.3) is 0 Å². The van der Waals surface area contributed by atoms with Crippen molar-refractivity contribution >= 4 is 17.3 Å². The number of hydrogen-bond donors (Lipinski definition) is 1. The van der Waals surface area contributed by atoms with E-state index in [2.05, 4.69) is 5.10 Å². The molecule has 2 rings (SSSR count). The molecule has 5 heteroatoms. The van der Waals surface area contributed by atoms with Crippen LogP contribution < -0.4 is 10.5 Å². The summed E-state index contributed by atoms with van der Waals surface area (Å²) in [4.78, 5) is 0. The van der Waals surface area contributed by atoms with Gasteiger partial charge in [0.05, 0.1) is 23.0 Å². The molecule has 90 valence electrons. The Morgan fingerprint density at radius 2 is 2.18 bits per heavy atom. The Hall–Kier alpha value is -1.68. The Morgan fingerprint density at radius 1 is 1.41 bits per heavy atom. The van der Waals surface area contributed by atoms with E-state index >= 15 is 0 Å². The molecule has 0 spiro atoms. The molecule has 0 aliphatic carbocycles. The van der Waals surface area contributed by atoms with E-state index < -0.39 is 0 Å². The Kier molecular flexibility index (Phi) is 3.24. The van der Waals surface area contributed by atoms with E-state index in [1.807, 2.05) is 26.0 Å². The summed E-state index contributed by atoms with van der Waals surface area (Å²) in [5, 5.41) is 4.93. The van der Waals surface area contributed by atoms with E-state index in [1.54, 1.807) is 16.9 Å². The molecule has 1 aromatic heterocycles. The minimum absolute atomic E-state index is 0.599. The summed E-state index contributed by atoms with van der Waals surface area (Å²) in [6.07, 6.45) is 1.75. The fraction of sp³-hybridized carbons (Fsp3) is 0.250. The predicted octanol–water partition coefficient (Wildman–Crippen LogP) is 2.82. The summed E-state index contributed by atoms with van der Waals surface area (Å²) in [7, 11) is 0. The van der Waals surface area contributed by atoms with Crippen LogP contribution in [0.1, 0.15) is 12.6 Å². The van der Waals surface area contributed by atoms with Gasteiger partial charge in [0.15, 0.2) is 0 Å². The number of aryl methyl sites for hydroxylation is 1. The van der Waals surface area contributed by atoms with E-state index in [0.717, 1.165) is 17.1 Å². The molecule has 4 nitrogen and oxygen atoms in total. The van der Waals surface area contributed by atoms with Crippen molar-refractivity contribution in [1.82, 2.24) is 9.78 Å². The topological polar surface area (TPSA) is 53.1 Å². The minimum atomic E-state index is 0.599. The summed E-state index contributed by atoms with van der Waals surface area (Å²) in [5.74, 6) is 0.728. The number of ether oxygens (including phenoxy) is 1. The maximum absolute atomic E-state index is 5.97. The van der Waals surface area contributed by atoms with Gasteiger partial charge in [-0.05, 0) is 19.9 Å². The van der Waals surface area contributed by atoms with Crippen molar-refractivity contribution in [3.8, 4) is 11.4 Å². The van der Waals surface area contributed by atoms with Crippen LogP contribution in [-0.2, 0) is 0 Å². The Balaban J connectivity index is 2.44. The molecule has 1 heterocycles. The van der Waals surface area contributed by atoms with Crippen molar-refractivity contribution in [2.75, 3.05) is 12.3 Å². The molecule has 0 radical (unpaired) electrons. The van der Waals surface area contributed by atoms with Crippen LogP contribution in [0.4, 0.5) is 5.69 Å². The molecule has 0 saturated heterocycles. The Bertz CT molecular complexity index is 517. The quantitative estimate of drug-likeness (QED) is 0.854. The van der Waals surface area contributed by atoms with Gasteiger partial charge in [0, 0.05) is 24.0 Å². The Morgan fingerprint density at radius 3 is 2.76 bits per heavy atom. The molecule has 17 heavy (non-hydrogen) atoms. The van der Waals surface area contributed by atoms with Crippen LogP contribution >= 0.6 is 11.6 Å². The largest absolute Gasteiger partial charge is 0.494 e. The summed E-state index contributed by atoms with van der Waals surface area (Å²) in [5.41, 5.74) is 8.07. The maximum atomic E-state index is 5.97. The molecule has 0 saturated carbocycles. The number of nitrogens with zero attached hydrogens (tertiary/aromatic N) is 2. The van der Waals surface area contributed by atoms with Crippen molar-refractivity contribution in [3.05, 3.63) is 35.1 Å². The van der Waals surface area contributed by atoms with E-state index in [1.165, 1.54) is 0 Å². The second-order valence-corrected chi connectivity index (χ2v) is 4.11. The highest BCUT2D eigenvalue weighted by molar-refractivity contribution is 6.31. The number of nitrogen functional groups attached to an aromatic ring is 1. The third-order valence-corrected chi connectivity index (χ3v) is 2.70. The number of halogens is 1. The first kappa shape index (κ1) is 11.8. The van der Waals surface area contributed by atoms with E-state index in [-0.39, 0.29) is 0 Å². The average Bonchev–Trinajstić information content (AvgIpc) is 2.59. The van der Waals surface area contributed by atoms with Gasteiger partial charge in [0.2, 0.25) is 0 Å². The van der Waals surface area contributed by atoms with Crippen LogP contribution in [0.3, 0.4) is 0 Å². The summed E-state index contributed by atoms with van der Waals surface area (Å²) < 4.78 is 7.12. The SMILES string of the molecule is CCOc1cc(N)cc(-n2cc(Cl)c(C)n2)c1. The van der Waals surface area contributed by atoms with E-state index in [4.69, 9.17) is 22.1 Å². The van der Waals surface area contributed by atoms with Gasteiger partial charge in [-0.15, -0.1) is 0 Å². The predicted molar refractivity (Wildman–Crippen MR) is 68.9 cm³/mol. The van der Waals surface area contributed by atoms with Crippen molar-refractivity contribution < 1.29 is 4.74 Å². The number of aromatic nitrogens is 2. The molecular formula is C12H14ClN3O. The van der Waals surface area contributed by atoms with Gasteiger partial charge in [-0.25, -0.2) is 4.68 Å². The van der Waals surface area contributed by atoms with Crippen molar-refractivity contribution in [3.63, 3.8) is 0 Å². The van der Waals surface area contributed by atoms with Gasteiger partial charge in [-0.3, -0.25) is 0 Å². The highest BCUT2D eigenvalue weighted by Crippen LogP contribution is 2.23. The number of anilines is 1. The van der Waals surface area contributed by atoms with Crippen LogP contribution in [0.5, 0.6) is 5.75 Å². The average molecular weight is 252 g/mol. The number of rotatable bonds is 3. The third kappa shape index (κ3) is 2.53. The first-order valence-corrected chi connectivity index (χ1v) is 5.73. The van der Waals surface area contributed by atoms with Gasteiger partial charge in [-0.1, -0.05) is 11.6 Å². The first-order chi connectivity index (χ1) is 8.10. The summed E-state index contributed by atoms with van der Waals surface area (Å²) >= 11 is 5.97. The summed E-state index contributed by atoms with van der Waals surface area (Å²) in [6.45, 7) is 4.38. The minimum Gasteiger partial charge on any atom is -0.494 e. The highest BCUT2D eigenvalue weighted by atomic mass is 35.5. The maximum Gasteiger partial charge on any atom is 0.123 e. The van der Waals surface area contributed by atoms with Crippen LogP contribution in [0, 0.1) is 6.92 Å². The standard InChI is InChI=1S/C12H14ClN3O/c1-3-17-11-5-9(14)4-10(6-11)16-7-12(13)8(2)15-16/h4-7H,3,14H2,1-2H3. The third-order valence-electron chi connectivity index (χ3n) is 2.33. The molecule has 0 amide bonds. The monoisotopic (exact) mass is 251 g/mol. The zero-order valence-corrected chi connectivity index (χ0v) is 10.5. The molecule has 0 aliphatic heterocycles. The van der Waals surface area contributed by atoms with Crippen molar-refractivity contribution in [1.29, 1.82) is 0 Å². The number of benzene rings is 1. The molecule has 0 fully saturated rings. The van der Waals surface area contributed by atoms with Gasteiger partial charge in [0.1, 0.15) is 5.75 Å². The van der Waals surface area contributed by atoms with Crippen LogP contribution in [0.2, 0.25) is 5.02 Å².